The Labute approximate surface area is 97.4 Å². The van der Waals surface area contributed by atoms with Gasteiger partial charge in [-0.2, -0.15) is 24.4 Å². The summed E-state index contributed by atoms with van der Waals surface area (Å²) in [7, 11) is 2.25. The van der Waals surface area contributed by atoms with Gasteiger partial charge in [-0.25, -0.2) is 0 Å². The highest BCUT2D eigenvalue weighted by atomic mass is 32.2. The zero-order chi connectivity index (χ0) is 10.0. The fourth-order valence-corrected chi connectivity index (χ4v) is 4.44. The van der Waals surface area contributed by atoms with Crippen LogP contribution in [0.1, 0.15) is 25.7 Å². The van der Waals surface area contributed by atoms with Crippen molar-refractivity contribution in [1.29, 1.82) is 0 Å². The maximum atomic E-state index is 4.26. The molecule has 82 valence electrons. The Morgan fingerprint density at radius 2 is 2.00 bits per heavy atom. The first-order valence-electron chi connectivity index (χ1n) is 5.65. The maximum Gasteiger partial charge on any atom is 0.00579 e. The molecule has 14 heavy (non-hydrogen) atoms. The number of thiol groups is 1. The fourth-order valence-electron chi connectivity index (χ4n) is 2.74. The standard InChI is InChI=1S/C11H21NS2/c1-12-4-2-11(3-5-12)8-10(9-11)14-7-6-13/h10,13H,2-9H2,1H3. The van der Waals surface area contributed by atoms with Gasteiger partial charge in [0.15, 0.2) is 0 Å². The molecule has 1 heterocycles. The molecule has 2 fully saturated rings. The second kappa shape index (κ2) is 4.67. The van der Waals surface area contributed by atoms with Crippen LogP contribution in [-0.2, 0) is 0 Å². The molecule has 3 heteroatoms. The van der Waals surface area contributed by atoms with Crippen LogP contribution in [-0.4, -0.2) is 41.8 Å². The summed E-state index contributed by atoms with van der Waals surface area (Å²) in [5.41, 5.74) is 0.765. The zero-order valence-electron chi connectivity index (χ0n) is 9.04. The van der Waals surface area contributed by atoms with Gasteiger partial charge >= 0.3 is 0 Å². The molecule has 0 amide bonds. The van der Waals surface area contributed by atoms with E-state index in [-0.39, 0.29) is 0 Å². The van der Waals surface area contributed by atoms with Gasteiger partial charge in [0.05, 0.1) is 0 Å². The van der Waals surface area contributed by atoms with Crippen molar-refractivity contribution in [2.24, 2.45) is 5.41 Å². The minimum Gasteiger partial charge on any atom is -0.306 e. The second-order valence-electron chi connectivity index (χ2n) is 4.93. The number of piperidine rings is 1. The topological polar surface area (TPSA) is 3.24 Å². The Morgan fingerprint density at radius 1 is 1.36 bits per heavy atom. The average Bonchev–Trinajstić information content (AvgIpc) is 2.14. The molecule has 1 saturated heterocycles. The van der Waals surface area contributed by atoms with E-state index in [4.69, 9.17) is 0 Å². The molecule has 2 rings (SSSR count). The third-order valence-electron chi connectivity index (χ3n) is 3.81. The van der Waals surface area contributed by atoms with Crippen LogP contribution in [0, 0.1) is 5.41 Å². The lowest BCUT2D eigenvalue weighted by Gasteiger charge is -2.51. The number of hydrogen-bond donors (Lipinski definition) is 1. The second-order valence-corrected chi connectivity index (χ2v) is 6.78. The van der Waals surface area contributed by atoms with Crippen molar-refractivity contribution in [3.8, 4) is 0 Å². The SMILES string of the molecule is CN1CCC2(CC1)CC(SCCS)C2. The molecular formula is C11H21NS2. The van der Waals surface area contributed by atoms with E-state index in [0.717, 1.165) is 16.4 Å². The Bertz CT molecular complexity index is 180. The number of thioether (sulfide) groups is 1. The number of likely N-dealkylation sites (tertiary alicyclic amines) is 1. The molecule has 1 nitrogen and oxygen atoms in total. The van der Waals surface area contributed by atoms with Crippen LogP contribution in [0.25, 0.3) is 0 Å². The van der Waals surface area contributed by atoms with Gasteiger partial charge in [-0.05, 0) is 57.0 Å². The summed E-state index contributed by atoms with van der Waals surface area (Å²) in [5, 5.41) is 0.963. The lowest BCUT2D eigenvalue weighted by Crippen LogP contribution is -2.47. The predicted octanol–water partition coefficient (Wildman–Crippen LogP) is 2.52. The fraction of sp³-hybridized carbons (Fsp3) is 1.00. The molecule has 1 aliphatic heterocycles. The minimum absolute atomic E-state index is 0.765. The van der Waals surface area contributed by atoms with E-state index in [9.17, 15) is 0 Å². The van der Waals surface area contributed by atoms with Gasteiger partial charge in [-0.3, -0.25) is 0 Å². The van der Waals surface area contributed by atoms with E-state index >= 15 is 0 Å². The summed E-state index contributed by atoms with van der Waals surface area (Å²) < 4.78 is 0. The first-order chi connectivity index (χ1) is 6.74. The highest BCUT2D eigenvalue weighted by Crippen LogP contribution is 2.53. The van der Waals surface area contributed by atoms with Gasteiger partial charge in [-0.1, -0.05) is 0 Å². The van der Waals surface area contributed by atoms with Gasteiger partial charge in [0.25, 0.3) is 0 Å². The molecule has 1 aliphatic carbocycles. The highest BCUT2D eigenvalue weighted by Gasteiger charge is 2.45. The predicted molar refractivity (Wildman–Crippen MR) is 68.5 cm³/mol. The van der Waals surface area contributed by atoms with Crippen molar-refractivity contribution >= 4 is 24.4 Å². The van der Waals surface area contributed by atoms with Gasteiger partial charge in [-0.15, -0.1) is 0 Å². The quantitative estimate of drug-likeness (QED) is 0.744. The molecule has 0 unspecified atom stereocenters. The molecule has 0 N–H and O–H groups in total. The van der Waals surface area contributed by atoms with Crippen LogP contribution in [0.4, 0.5) is 0 Å². The van der Waals surface area contributed by atoms with Crippen LogP contribution >= 0.6 is 24.4 Å². The largest absolute Gasteiger partial charge is 0.306 e. The van der Waals surface area contributed by atoms with Crippen molar-refractivity contribution in [2.45, 2.75) is 30.9 Å². The summed E-state index contributed by atoms with van der Waals surface area (Å²) in [5.74, 6) is 2.28. The highest BCUT2D eigenvalue weighted by molar-refractivity contribution is 8.00. The summed E-state index contributed by atoms with van der Waals surface area (Å²) in [6.07, 6.45) is 5.86. The smallest absolute Gasteiger partial charge is 0.00579 e. The minimum atomic E-state index is 0.765. The molecular weight excluding hydrogens is 210 g/mol. The van der Waals surface area contributed by atoms with E-state index < -0.39 is 0 Å². The van der Waals surface area contributed by atoms with Gasteiger partial charge in [0, 0.05) is 11.0 Å². The van der Waals surface area contributed by atoms with E-state index in [1.165, 1.54) is 44.5 Å². The molecule has 1 saturated carbocycles. The summed E-state index contributed by atoms with van der Waals surface area (Å²) in [4.78, 5) is 2.47. The Hall–Kier alpha value is 0.660. The molecule has 1 spiro atoms. The zero-order valence-corrected chi connectivity index (χ0v) is 10.7. The van der Waals surface area contributed by atoms with Crippen LogP contribution < -0.4 is 0 Å². The van der Waals surface area contributed by atoms with Gasteiger partial charge in [0.1, 0.15) is 0 Å². The summed E-state index contributed by atoms with van der Waals surface area (Å²) >= 11 is 6.40. The summed E-state index contributed by atoms with van der Waals surface area (Å²) in [6.45, 7) is 2.65. The van der Waals surface area contributed by atoms with Gasteiger partial charge in [0.2, 0.25) is 0 Å². The van der Waals surface area contributed by atoms with E-state index in [0.29, 0.717) is 0 Å². The van der Waals surface area contributed by atoms with E-state index in [1.54, 1.807) is 0 Å². The van der Waals surface area contributed by atoms with Crippen LogP contribution in [0.15, 0.2) is 0 Å². The molecule has 0 bridgehead atoms. The third kappa shape index (κ3) is 2.42. The Balaban J connectivity index is 1.70. The normalized spacial score (nSPS) is 27.9. The van der Waals surface area contributed by atoms with Gasteiger partial charge < -0.3 is 4.90 Å². The number of rotatable bonds is 3. The molecule has 0 aromatic carbocycles. The van der Waals surface area contributed by atoms with Crippen molar-refractivity contribution in [2.75, 3.05) is 31.6 Å². The first kappa shape index (κ1) is 11.2. The number of nitrogens with zero attached hydrogens (tertiary/aromatic N) is 1. The van der Waals surface area contributed by atoms with Crippen LogP contribution in [0.2, 0.25) is 0 Å². The van der Waals surface area contributed by atoms with Crippen molar-refractivity contribution in [3.05, 3.63) is 0 Å². The van der Waals surface area contributed by atoms with Crippen molar-refractivity contribution in [3.63, 3.8) is 0 Å². The number of hydrogen-bond acceptors (Lipinski definition) is 3. The molecule has 0 aromatic rings. The molecule has 2 aliphatic rings. The Morgan fingerprint density at radius 3 is 2.57 bits per heavy atom. The van der Waals surface area contributed by atoms with Crippen LogP contribution in [0.5, 0.6) is 0 Å². The first-order valence-corrected chi connectivity index (χ1v) is 7.33. The van der Waals surface area contributed by atoms with Crippen molar-refractivity contribution in [1.82, 2.24) is 4.90 Å². The third-order valence-corrected chi connectivity index (χ3v) is 5.58. The summed E-state index contributed by atoms with van der Waals surface area (Å²) in [6, 6.07) is 0. The van der Waals surface area contributed by atoms with E-state index in [1.807, 2.05) is 0 Å². The van der Waals surface area contributed by atoms with Crippen LogP contribution in [0.3, 0.4) is 0 Å². The molecule has 0 atom stereocenters. The van der Waals surface area contributed by atoms with E-state index in [2.05, 4.69) is 36.3 Å². The maximum absolute atomic E-state index is 4.26. The van der Waals surface area contributed by atoms with Crippen molar-refractivity contribution < 1.29 is 0 Å². The molecule has 0 radical (unpaired) electrons. The lowest BCUT2D eigenvalue weighted by atomic mass is 9.63. The Kier molecular flexibility index (Phi) is 3.72. The molecule has 0 aromatic heterocycles. The average molecular weight is 231 g/mol. The lowest BCUT2D eigenvalue weighted by molar-refractivity contribution is 0.0492. The monoisotopic (exact) mass is 231 g/mol.